The number of nitro groups is 1. The monoisotopic (exact) mass is 290 g/mol. The van der Waals surface area contributed by atoms with Gasteiger partial charge in [0.2, 0.25) is 5.82 Å². The van der Waals surface area contributed by atoms with E-state index in [-0.39, 0.29) is 6.61 Å². The molecule has 0 saturated heterocycles. The van der Waals surface area contributed by atoms with Crippen LogP contribution in [0.1, 0.15) is 10.4 Å². The summed E-state index contributed by atoms with van der Waals surface area (Å²) in [6.07, 6.45) is 0. The molecule has 0 bridgehead atoms. The van der Waals surface area contributed by atoms with Crippen LogP contribution in [0.4, 0.5) is 14.5 Å². The van der Waals surface area contributed by atoms with Gasteiger partial charge < -0.3 is 15.2 Å². The lowest BCUT2D eigenvalue weighted by Crippen LogP contribution is -2.41. The molecule has 0 aliphatic rings. The summed E-state index contributed by atoms with van der Waals surface area (Å²) in [7, 11) is 1.31. The zero-order valence-electron chi connectivity index (χ0n) is 10.4. The molecule has 1 rings (SSSR count). The molecule has 1 amide bonds. The molecular weight excluding hydrogens is 278 g/mol. The van der Waals surface area contributed by atoms with E-state index in [1.165, 1.54) is 7.11 Å². The molecule has 0 aliphatic heterocycles. The number of aliphatic hydroxyl groups is 1. The second-order valence-electron chi connectivity index (χ2n) is 3.82. The van der Waals surface area contributed by atoms with Crippen molar-refractivity contribution in [2.24, 2.45) is 0 Å². The molecule has 0 fully saturated rings. The predicted molar refractivity (Wildman–Crippen MR) is 63.2 cm³/mol. The van der Waals surface area contributed by atoms with E-state index >= 15 is 0 Å². The van der Waals surface area contributed by atoms with Crippen molar-refractivity contribution in [1.82, 2.24) is 5.32 Å². The van der Waals surface area contributed by atoms with Gasteiger partial charge >= 0.3 is 5.69 Å². The summed E-state index contributed by atoms with van der Waals surface area (Å²) in [6.45, 7) is -0.599. The van der Waals surface area contributed by atoms with Crippen molar-refractivity contribution in [3.8, 4) is 0 Å². The maximum atomic E-state index is 13.7. The van der Waals surface area contributed by atoms with Crippen LogP contribution in [0.2, 0.25) is 0 Å². The molecule has 20 heavy (non-hydrogen) atoms. The number of methoxy groups -OCH3 is 1. The molecule has 0 heterocycles. The third kappa shape index (κ3) is 3.45. The summed E-state index contributed by atoms with van der Waals surface area (Å²) < 4.78 is 31.9. The van der Waals surface area contributed by atoms with Crippen LogP contribution in [0, 0.1) is 21.7 Å². The quantitative estimate of drug-likeness (QED) is 0.590. The van der Waals surface area contributed by atoms with Crippen molar-refractivity contribution in [2.45, 2.75) is 6.04 Å². The van der Waals surface area contributed by atoms with Gasteiger partial charge in [-0.2, -0.15) is 4.39 Å². The second-order valence-corrected chi connectivity index (χ2v) is 3.82. The molecule has 1 unspecified atom stereocenters. The third-order valence-electron chi connectivity index (χ3n) is 2.42. The number of carbonyl (C=O) groups excluding carboxylic acids is 1. The summed E-state index contributed by atoms with van der Waals surface area (Å²) in [6, 6.07) is 0.367. The highest BCUT2D eigenvalue weighted by molar-refractivity contribution is 5.95. The van der Waals surface area contributed by atoms with Gasteiger partial charge in [-0.1, -0.05) is 0 Å². The van der Waals surface area contributed by atoms with Gasteiger partial charge in [0.1, 0.15) is 11.4 Å². The van der Waals surface area contributed by atoms with Crippen LogP contribution in [0.15, 0.2) is 12.1 Å². The number of nitrogens with zero attached hydrogens (tertiary/aromatic N) is 1. The first-order valence-electron chi connectivity index (χ1n) is 5.45. The van der Waals surface area contributed by atoms with Crippen molar-refractivity contribution in [1.29, 1.82) is 0 Å². The molecule has 0 saturated carbocycles. The number of carbonyl (C=O) groups is 1. The fourth-order valence-corrected chi connectivity index (χ4v) is 1.49. The summed E-state index contributed by atoms with van der Waals surface area (Å²) >= 11 is 0. The fourth-order valence-electron chi connectivity index (χ4n) is 1.49. The molecule has 2 N–H and O–H groups in total. The Morgan fingerprint density at radius 1 is 1.55 bits per heavy atom. The van der Waals surface area contributed by atoms with Crippen molar-refractivity contribution in [3.05, 3.63) is 39.4 Å². The van der Waals surface area contributed by atoms with Gasteiger partial charge in [0.15, 0.2) is 0 Å². The second kappa shape index (κ2) is 6.87. The van der Waals surface area contributed by atoms with E-state index in [4.69, 9.17) is 5.11 Å². The van der Waals surface area contributed by atoms with E-state index in [9.17, 15) is 23.7 Å². The minimum Gasteiger partial charge on any atom is -0.394 e. The number of ether oxygens (including phenoxy) is 1. The first-order valence-corrected chi connectivity index (χ1v) is 5.45. The number of hydrogen-bond donors (Lipinski definition) is 2. The number of amides is 1. The van der Waals surface area contributed by atoms with Gasteiger partial charge in [-0.3, -0.25) is 14.9 Å². The van der Waals surface area contributed by atoms with Crippen molar-refractivity contribution in [2.75, 3.05) is 20.3 Å². The standard InChI is InChI=1S/C11H12F2N2O5/c1-20-5-6(4-16)14-11(17)9-7(12)2-3-8(10(9)13)15(18)19/h2-3,6,16H,4-5H2,1H3,(H,14,17). The first kappa shape index (κ1) is 15.9. The summed E-state index contributed by atoms with van der Waals surface area (Å²) in [5.74, 6) is -4.01. The molecule has 1 aromatic rings. The molecule has 0 aromatic heterocycles. The Balaban J connectivity index is 3.09. The molecule has 0 aliphatic carbocycles. The lowest BCUT2D eigenvalue weighted by atomic mass is 10.1. The highest BCUT2D eigenvalue weighted by Gasteiger charge is 2.27. The minimum atomic E-state index is -1.57. The summed E-state index contributed by atoms with van der Waals surface area (Å²) in [4.78, 5) is 21.2. The smallest absolute Gasteiger partial charge is 0.305 e. The molecule has 9 heteroatoms. The normalized spacial score (nSPS) is 12.0. The van der Waals surface area contributed by atoms with Crippen LogP contribution in [0.3, 0.4) is 0 Å². The Bertz CT molecular complexity index is 524. The molecule has 1 atom stereocenters. The number of halogens is 2. The van der Waals surface area contributed by atoms with Crippen LogP contribution in [0.25, 0.3) is 0 Å². The van der Waals surface area contributed by atoms with E-state index in [0.717, 1.165) is 0 Å². The van der Waals surface area contributed by atoms with E-state index in [1.54, 1.807) is 0 Å². The van der Waals surface area contributed by atoms with Gasteiger partial charge in [0, 0.05) is 13.2 Å². The van der Waals surface area contributed by atoms with E-state index in [1.807, 2.05) is 0 Å². The minimum absolute atomic E-state index is 0.0829. The lowest BCUT2D eigenvalue weighted by Gasteiger charge is -2.15. The van der Waals surface area contributed by atoms with Gasteiger partial charge in [0.25, 0.3) is 5.91 Å². The van der Waals surface area contributed by atoms with E-state index in [0.29, 0.717) is 12.1 Å². The number of hydrogen-bond acceptors (Lipinski definition) is 5. The Kier molecular flexibility index (Phi) is 5.47. The largest absolute Gasteiger partial charge is 0.394 e. The summed E-state index contributed by atoms with van der Waals surface area (Å²) in [5.41, 5.74) is -2.09. The van der Waals surface area contributed by atoms with Crippen LogP contribution in [0.5, 0.6) is 0 Å². The zero-order chi connectivity index (χ0) is 15.3. The first-order chi connectivity index (χ1) is 9.42. The Labute approximate surface area is 112 Å². The molecule has 1 aromatic carbocycles. The number of benzene rings is 1. The fraction of sp³-hybridized carbons (Fsp3) is 0.364. The van der Waals surface area contributed by atoms with Gasteiger partial charge in [-0.05, 0) is 6.07 Å². The molecule has 0 spiro atoms. The van der Waals surface area contributed by atoms with Gasteiger partial charge in [-0.25, -0.2) is 4.39 Å². The van der Waals surface area contributed by atoms with Crippen LogP contribution in [-0.2, 0) is 4.74 Å². The SMILES string of the molecule is COCC(CO)NC(=O)c1c(F)ccc([N+](=O)[O-])c1F. The van der Waals surface area contributed by atoms with E-state index in [2.05, 4.69) is 10.1 Å². The van der Waals surface area contributed by atoms with Crippen molar-refractivity contribution < 1.29 is 28.3 Å². The van der Waals surface area contributed by atoms with Crippen molar-refractivity contribution >= 4 is 11.6 Å². The Morgan fingerprint density at radius 2 is 2.20 bits per heavy atom. The molecule has 110 valence electrons. The van der Waals surface area contributed by atoms with Crippen LogP contribution in [-0.4, -0.2) is 42.3 Å². The highest BCUT2D eigenvalue weighted by atomic mass is 19.1. The predicted octanol–water partition coefficient (Wildman–Crippen LogP) is 0.610. The van der Waals surface area contributed by atoms with Crippen LogP contribution < -0.4 is 5.32 Å². The lowest BCUT2D eigenvalue weighted by molar-refractivity contribution is -0.387. The third-order valence-corrected chi connectivity index (χ3v) is 2.42. The number of nitrogens with one attached hydrogen (secondary N) is 1. The average Bonchev–Trinajstić information content (AvgIpc) is 2.37. The maximum Gasteiger partial charge on any atom is 0.305 e. The van der Waals surface area contributed by atoms with Crippen molar-refractivity contribution in [3.63, 3.8) is 0 Å². The number of nitro benzene ring substituents is 1. The molecule has 0 radical (unpaired) electrons. The van der Waals surface area contributed by atoms with Gasteiger partial charge in [0.05, 0.1) is 24.2 Å². The topological polar surface area (TPSA) is 102 Å². The van der Waals surface area contributed by atoms with Gasteiger partial charge in [-0.15, -0.1) is 0 Å². The number of rotatable bonds is 6. The van der Waals surface area contributed by atoms with E-state index < -0.39 is 46.4 Å². The molecule has 7 nitrogen and oxygen atoms in total. The number of aliphatic hydroxyl groups excluding tert-OH is 1. The summed E-state index contributed by atoms with van der Waals surface area (Å²) in [5, 5.41) is 21.6. The maximum absolute atomic E-state index is 13.7. The highest BCUT2D eigenvalue weighted by Crippen LogP contribution is 2.23. The zero-order valence-corrected chi connectivity index (χ0v) is 10.4. The Hall–Kier alpha value is -2.13. The van der Waals surface area contributed by atoms with Crippen LogP contribution >= 0.6 is 0 Å². The average molecular weight is 290 g/mol. The molecular formula is C11H12F2N2O5. The Morgan fingerprint density at radius 3 is 2.70 bits per heavy atom.